The quantitative estimate of drug-likeness (QED) is 0.901. The van der Waals surface area contributed by atoms with Crippen molar-refractivity contribution in [3.63, 3.8) is 0 Å². The Balaban J connectivity index is 1.78. The van der Waals surface area contributed by atoms with Gasteiger partial charge in [-0.25, -0.2) is 0 Å². The zero-order chi connectivity index (χ0) is 17.6. The van der Waals surface area contributed by atoms with Gasteiger partial charge >= 0.3 is 0 Å². The maximum Gasteiger partial charge on any atom is 0.259 e. The molecule has 0 aromatic heterocycles. The van der Waals surface area contributed by atoms with E-state index in [-0.39, 0.29) is 11.8 Å². The summed E-state index contributed by atoms with van der Waals surface area (Å²) in [5, 5.41) is 2.89. The van der Waals surface area contributed by atoms with Crippen molar-refractivity contribution in [3.8, 4) is 5.75 Å². The lowest BCUT2D eigenvalue weighted by molar-refractivity contribution is -0.119. The largest absolute Gasteiger partial charge is 0.493 e. The number of piperidine rings is 1. The van der Waals surface area contributed by atoms with E-state index in [0.29, 0.717) is 30.0 Å². The van der Waals surface area contributed by atoms with E-state index in [2.05, 4.69) is 5.32 Å². The third kappa shape index (κ3) is 3.99. The minimum Gasteiger partial charge on any atom is -0.493 e. The molecule has 0 atom stereocenters. The summed E-state index contributed by atoms with van der Waals surface area (Å²) in [4.78, 5) is 26.5. The van der Waals surface area contributed by atoms with Crippen LogP contribution in [0.25, 0.3) is 0 Å². The Morgan fingerprint density at radius 1 is 1.16 bits per heavy atom. The molecule has 2 amide bonds. The topological polar surface area (TPSA) is 58.6 Å². The first-order valence-corrected chi connectivity index (χ1v) is 8.62. The highest BCUT2D eigenvalue weighted by Crippen LogP contribution is 2.25. The highest BCUT2D eigenvalue weighted by molar-refractivity contribution is 6.06. The normalized spacial score (nSPS) is 14.3. The number of carbonyl (C=O) groups excluding carboxylic acids is 2. The van der Waals surface area contributed by atoms with Gasteiger partial charge in [0.15, 0.2) is 0 Å². The van der Waals surface area contributed by atoms with E-state index in [9.17, 15) is 9.59 Å². The Bertz CT molecular complexity index is 773. The molecule has 0 spiro atoms. The van der Waals surface area contributed by atoms with Crippen molar-refractivity contribution >= 4 is 23.2 Å². The summed E-state index contributed by atoms with van der Waals surface area (Å²) in [5.74, 6) is 0.465. The second-order valence-electron chi connectivity index (χ2n) is 5.94. The van der Waals surface area contributed by atoms with Crippen molar-refractivity contribution in [3.05, 3.63) is 54.1 Å². The molecule has 5 heteroatoms. The van der Waals surface area contributed by atoms with Crippen LogP contribution in [0.3, 0.4) is 0 Å². The molecule has 1 saturated heterocycles. The summed E-state index contributed by atoms with van der Waals surface area (Å²) in [7, 11) is 0. The Morgan fingerprint density at radius 3 is 2.80 bits per heavy atom. The molecule has 5 nitrogen and oxygen atoms in total. The Morgan fingerprint density at radius 2 is 2.00 bits per heavy atom. The predicted molar refractivity (Wildman–Crippen MR) is 98.2 cm³/mol. The number of hydrogen-bond acceptors (Lipinski definition) is 3. The lowest BCUT2D eigenvalue weighted by Crippen LogP contribution is -2.35. The summed E-state index contributed by atoms with van der Waals surface area (Å²) in [6, 6.07) is 14.6. The minimum absolute atomic E-state index is 0.136. The lowest BCUT2D eigenvalue weighted by atomic mass is 10.1. The molecule has 0 bridgehead atoms. The van der Waals surface area contributed by atoms with Crippen molar-refractivity contribution in [2.45, 2.75) is 26.2 Å². The molecule has 1 fully saturated rings. The monoisotopic (exact) mass is 338 g/mol. The van der Waals surface area contributed by atoms with Crippen LogP contribution in [0.1, 0.15) is 36.5 Å². The molecule has 1 aliphatic heterocycles. The van der Waals surface area contributed by atoms with E-state index >= 15 is 0 Å². The fraction of sp³-hybridized carbons (Fsp3) is 0.300. The second-order valence-corrected chi connectivity index (χ2v) is 5.94. The molecule has 2 aromatic rings. The highest BCUT2D eigenvalue weighted by Gasteiger charge is 2.20. The average molecular weight is 338 g/mol. The minimum atomic E-state index is -0.230. The first-order valence-electron chi connectivity index (χ1n) is 8.62. The van der Waals surface area contributed by atoms with Crippen molar-refractivity contribution in [2.75, 3.05) is 23.4 Å². The van der Waals surface area contributed by atoms with Crippen LogP contribution in [0.2, 0.25) is 0 Å². The summed E-state index contributed by atoms with van der Waals surface area (Å²) < 4.78 is 5.52. The molecule has 0 unspecified atom stereocenters. The maximum atomic E-state index is 12.6. The summed E-state index contributed by atoms with van der Waals surface area (Å²) in [6.07, 6.45) is 2.53. The first kappa shape index (κ1) is 17.0. The molecule has 2 aromatic carbocycles. The molecule has 1 N–H and O–H groups in total. The van der Waals surface area contributed by atoms with Crippen LogP contribution in [-0.4, -0.2) is 25.0 Å². The van der Waals surface area contributed by atoms with Crippen LogP contribution in [0, 0.1) is 0 Å². The Kier molecular flexibility index (Phi) is 5.33. The molecule has 25 heavy (non-hydrogen) atoms. The van der Waals surface area contributed by atoms with Gasteiger partial charge in [-0.1, -0.05) is 18.2 Å². The molecule has 3 rings (SSSR count). The lowest BCUT2D eigenvalue weighted by Gasteiger charge is -2.27. The first-order chi connectivity index (χ1) is 12.2. The maximum absolute atomic E-state index is 12.6. The fourth-order valence-electron chi connectivity index (χ4n) is 2.96. The second kappa shape index (κ2) is 7.83. The van der Waals surface area contributed by atoms with Gasteiger partial charge in [0.05, 0.1) is 12.2 Å². The number of hydrogen-bond donors (Lipinski definition) is 1. The third-order valence-electron chi connectivity index (χ3n) is 4.17. The molecule has 0 aliphatic carbocycles. The molecule has 0 saturated carbocycles. The van der Waals surface area contributed by atoms with E-state index in [1.54, 1.807) is 23.1 Å². The van der Waals surface area contributed by atoms with Gasteiger partial charge in [-0.2, -0.15) is 0 Å². The molecule has 0 radical (unpaired) electrons. The Labute approximate surface area is 147 Å². The molecule has 1 heterocycles. The van der Waals surface area contributed by atoms with E-state index in [1.807, 2.05) is 37.3 Å². The van der Waals surface area contributed by atoms with E-state index < -0.39 is 0 Å². The number of ether oxygens (including phenoxy) is 1. The van der Waals surface area contributed by atoms with Crippen molar-refractivity contribution in [1.82, 2.24) is 0 Å². The summed E-state index contributed by atoms with van der Waals surface area (Å²) >= 11 is 0. The van der Waals surface area contributed by atoms with Crippen LogP contribution in [0.4, 0.5) is 11.4 Å². The van der Waals surface area contributed by atoms with E-state index in [0.717, 1.165) is 25.1 Å². The predicted octanol–water partition coefficient (Wildman–Crippen LogP) is 3.85. The van der Waals surface area contributed by atoms with Crippen LogP contribution in [0.15, 0.2) is 48.5 Å². The number of anilines is 2. The zero-order valence-electron chi connectivity index (χ0n) is 14.3. The van der Waals surface area contributed by atoms with Gasteiger partial charge in [0.2, 0.25) is 5.91 Å². The van der Waals surface area contributed by atoms with Crippen molar-refractivity contribution < 1.29 is 14.3 Å². The van der Waals surface area contributed by atoms with Crippen LogP contribution >= 0.6 is 0 Å². The van der Waals surface area contributed by atoms with Gasteiger partial charge in [-0.3, -0.25) is 9.59 Å². The molecule has 130 valence electrons. The number of carbonyl (C=O) groups is 2. The van der Waals surface area contributed by atoms with Gasteiger partial charge in [0.1, 0.15) is 5.75 Å². The van der Waals surface area contributed by atoms with Gasteiger partial charge in [0.25, 0.3) is 5.91 Å². The van der Waals surface area contributed by atoms with Gasteiger partial charge in [-0.15, -0.1) is 0 Å². The molecule has 1 aliphatic rings. The highest BCUT2D eigenvalue weighted by atomic mass is 16.5. The number of rotatable bonds is 5. The van der Waals surface area contributed by atoms with E-state index in [1.165, 1.54) is 0 Å². The number of nitrogens with one attached hydrogen (secondary N) is 1. The molecular weight excluding hydrogens is 316 g/mol. The molecular formula is C20H22N2O3. The number of para-hydroxylation sites is 1. The third-order valence-corrected chi connectivity index (χ3v) is 4.17. The van der Waals surface area contributed by atoms with Gasteiger partial charge < -0.3 is 15.0 Å². The standard InChI is InChI=1S/C20H22N2O3/c1-2-25-18-11-4-3-10-17(18)20(24)21-15-8-7-9-16(14-15)22-13-6-5-12-19(22)23/h3-4,7-11,14H,2,5-6,12-13H2,1H3,(H,21,24). The number of amides is 2. The van der Waals surface area contributed by atoms with Gasteiger partial charge in [0, 0.05) is 24.3 Å². The van der Waals surface area contributed by atoms with E-state index in [4.69, 9.17) is 4.74 Å². The van der Waals surface area contributed by atoms with Crippen LogP contribution < -0.4 is 15.0 Å². The number of nitrogens with zero attached hydrogens (tertiary/aromatic N) is 1. The SMILES string of the molecule is CCOc1ccccc1C(=O)Nc1cccc(N2CCCCC2=O)c1. The summed E-state index contributed by atoms with van der Waals surface area (Å²) in [5.41, 5.74) is 1.97. The van der Waals surface area contributed by atoms with Crippen LogP contribution in [-0.2, 0) is 4.79 Å². The Hall–Kier alpha value is -2.82. The number of benzene rings is 2. The smallest absolute Gasteiger partial charge is 0.259 e. The van der Waals surface area contributed by atoms with Gasteiger partial charge in [-0.05, 0) is 50.1 Å². The van der Waals surface area contributed by atoms with Crippen LogP contribution in [0.5, 0.6) is 5.75 Å². The summed E-state index contributed by atoms with van der Waals surface area (Å²) in [6.45, 7) is 3.11. The fourth-order valence-corrected chi connectivity index (χ4v) is 2.96. The van der Waals surface area contributed by atoms with Crippen molar-refractivity contribution in [1.29, 1.82) is 0 Å². The zero-order valence-corrected chi connectivity index (χ0v) is 14.3. The average Bonchev–Trinajstić information content (AvgIpc) is 2.63. The van der Waals surface area contributed by atoms with Crippen molar-refractivity contribution in [2.24, 2.45) is 0 Å².